The summed E-state index contributed by atoms with van der Waals surface area (Å²) in [6, 6.07) is 12.7. The summed E-state index contributed by atoms with van der Waals surface area (Å²) >= 11 is 0. The second-order valence-corrected chi connectivity index (χ2v) is 4.67. The molecule has 0 bridgehead atoms. The normalized spacial score (nSPS) is 13.8. The molecule has 0 aliphatic rings. The van der Waals surface area contributed by atoms with Crippen LogP contribution in [0.5, 0.6) is 5.75 Å². The van der Waals surface area contributed by atoms with Crippen LogP contribution in [-0.4, -0.2) is 12.1 Å². The quantitative estimate of drug-likeness (QED) is 0.889. The molecular weight excluding hydrogens is 236 g/mol. The molecule has 1 aromatic carbocycles. The molecule has 2 atom stereocenters. The van der Waals surface area contributed by atoms with Crippen molar-refractivity contribution in [3.05, 3.63) is 59.9 Å². The van der Waals surface area contributed by atoms with Crippen LogP contribution in [0.2, 0.25) is 0 Å². The van der Waals surface area contributed by atoms with E-state index >= 15 is 0 Å². The number of rotatable bonds is 5. The number of methoxy groups -OCH3 is 1. The zero-order chi connectivity index (χ0) is 13.7. The first-order valence-corrected chi connectivity index (χ1v) is 6.50. The second-order valence-electron chi connectivity index (χ2n) is 4.67. The second kappa shape index (κ2) is 6.34. The number of hydrogen-bond acceptors (Lipinski definition) is 3. The maximum atomic E-state index is 5.26. The van der Waals surface area contributed by atoms with Crippen molar-refractivity contribution >= 4 is 0 Å². The lowest BCUT2D eigenvalue weighted by molar-refractivity contribution is 0.412. The Morgan fingerprint density at radius 1 is 1.05 bits per heavy atom. The number of aromatic nitrogens is 1. The van der Waals surface area contributed by atoms with E-state index in [0.717, 1.165) is 5.75 Å². The van der Waals surface area contributed by atoms with E-state index in [4.69, 9.17) is 4.74 Å². The fourth-order valence-electron chi connectivity index (χ4n) is 2.11. The average molecular weight is 256 g/mol. The SMILES string of the molecule is COc1cccc(C(C)N[C@@H](C)c2cccnc2)c1. The van der Waals surface area contributed by atoms with Gasteiger partial charge < -0.3 is 10.1 Å². The lowest BCUT2D eigenvalue weighted by Crippen LogP contribution is -2.22. The van der Waals surface area contributed by atoms with Gasteiger partial charge in [-0.3, -0.25) is 4.98 Å². The molecule has 2 aromatic rings. The number of ether oxygens (including phenoxy) is 1. The van der Waals surface area contributed by atoms with Crippen molar-refractivity contribution in [1.29, 1.82) is 0 Å². The van der Waals surface area contributed by atoms with E-state index in [9.17, 15) is 0 Å². The van der Waals surface area contributed by atoms with Crippen LogP contribution in [0.1, 0.15) is 37.1 Å². The Labute approximate surface area is 114 Å². The largest absolute Gasteiger partial charge is 0.497 e. The molecule has 19 heavy (non-hydrogen) atoms. The standard InChI is InChI=1S/C16H20N2O/c1-12(14-6-4-8-16(10-14)19-3)18-13(2)15-7-5-9-17-11-15/h4-13,18H,1-3H3/t12?,13-/m0/s1. The van der Waals surface area contributed by atoms with Crippen molar-refractivity contribution in [2.24, 2.45) is 0 Å². The molecule has 0 fully saturated rings. The molecule has 0 saturated carbocycles. The first-order chi connectivity index (χ1) is 9.20. The lowest BCUT2D eigenvalue weighted by Gasteiger charge is -2.20. The van der Waals surface area contributed by atoms with Crippen LogP contribution in [0, 0.1) is 0 Å². The van der Waals surface area contributed by atoms with Gasteiger partial charge in [0, 0.05) is 24.5 Å². The Morgan fingerprint density at radius 2 is 1.79 bits per heavy atom. The van der Waals surface area contributed by atoms with E-state index in [-0.39, 0.29) is 12.1 Å². The first-order valence-electron chi connectivity index (χ1n) is 6.50. The molecule has 0 aliphatic heterocycles. The number of nitrogens with one attached hydrogen (secondary N) is 1. The maximum absolute atomic E-state index is 5.26. The minimum Gasteiger partial charge on any atom is -0.497 e. The molecule has 1 unspecified atom stereocenters. The molecular formula is C16H20N2O. The molecule has 2 rings (SSSR count). The number of hydrogen-bond donors (Lipinski definition) is 1. The fourth-order valence-corrected chi connectivity index (χ4v) is 2.11. The van der Waals surface area contributed by atoms with Crippen LogP contribution in [0.3, 0.4) is 0 Å². The molecule has 1 aromatic heterocycles. The zero-order valence-corrected chi connectivity index (χ0v) is 11.6. The van der Waals surface area contributed by atoms with Crippen LogP contribution in [0.15, 0.2) is 48.8 Å². The van der Waals surface area contributed by atoms with Crippen LogP contribution in [0.4, 0.5) is 0 Å². The molecule has 0 aliphatic carbocycles. The van der Waals surface area contributed by atoms with Gasteiger partial charge in [-0.25, -0.2) is 0 Å². The fraction of sp³-hybridized carbons (Fsp3) is 0.312. The van der Waals surface area contributed by atoms with E-state index in [1.54, 1.807) is 13.3 Å². The Bertz CT molecular complexity index is 513. The van der Waals surface area contributed by atoms with E-state index in [1.165, 1.54) is 11.1 Å². The summed E-state index contributed by atoms with van der Waals surface area (Å²) in [5, 5.41) is 3.57. The lowest BCUT2D eigenvalue weighted by atomic mass is 10.1. The van der Waals surface area contributed by atoms with Crippen molar-refractivity contribution in [1.82, 2.24) is 10.3 Å². The Hall–Kier alpha value is -1.87. The zero-order valence-electron chi connectivity index (χ0n) is 11.6. The third-order valence-electron chi connectivity index (χ3n) is 3.28. The summed E-state index contributed by atoms with van der Waals surface area (Å²) in [4.78, 5) is 4.15. The summed E-state index contributed by atoms with van der Waals surface area (Å²) in [5.74, 6) is 0.889. The molecule has 1 heterocycles. The molecule has 0 amide bonds. The van der Waals surface area contributed by atoms with Crippen LogP contribution >= 0.6 is 0 Å². The summed E-state index contributed by atoms with van der Waals surface area (Å²) in [6.07, 6.45) is 3.69. The molecule has 0 radical (unpaired) electrons. The van der Waals surface area contributed by atoms with Gasteiger partial charge in [0.1, 0.15) is 5.75 Å². The monoisotopic (exact) mass is 256 g/mol. The van der Waals surface area contributed by atoms with E-state index < -0.39 is 0 Å². The Morgan fingerprint density at radius 3 is 2.47 bits per heavy atom. The van der Waals surface area contributed by atoms with Crippen LogP contribution in [-0.2, 0) is 0 Å². The summed E-state index contributed by atoms with van der Waals surface area (Å²) in [7, 11) is 1.69. The molecule has 0 spiro atoms. The van der Waals surface area contributed by atoms with Crippen molar-refractivity contribution in [3.63, 3.8) is 0 Å². The van der Waals surface area contributed by atoms with Crippen molar-refractivity contribution in [3.8, 4) is 5.75 Å². The molecule has 3 heteroatoms. The first kappa shape index (κ1) is 13.6. The third kappa shape index (κ3) is 3.55. The van der Waals surface area contributed by atoms with Crippen LogP contribution < -0.4 is 10.1 Å². The van der Waals surface area contributed by atoms with Gasteiger partial charge in [-0.2, -0.15) is 0 Å². The van der Waals surface area contributed by atoms with Gasteiger partial charge in [0.15, 0.2) is 0 Å². The average Bonchev–Trinajstić information content (AvgIpc) is 2.48. The van der Waals surface area contributed by atoms with Gasteiger partial charge in [-0.15, -0.1) is 0 Å². The number of benzene rings is 1. The van der Waals surface area contributed by atoms with E-state index in [1.807, 2.05) is 24.4 Å². The molecule has 1 N–H and O–H groups in total. The molecule has 3 nitrogen and oxygen atoms in total. The van der Waals surface area contributed by atoms with Crippen molar-refractivity contribution < 1.29 is 4.74 Å². The highest BCUT2D eigenvalue weighted by Crippen LogP contribution is 2.22. The van der Waals surface area contributed by atoms with Gasteiger partial charge in [-0.1, -0.05) is 18.2 Å². The molecule has 100 valence electrons. The summed E-state index contributed by atoms with van der Waals surface area (Å²) < 4.78 is 5.26. The van der Waals surface area contributed by atoms with Crippen LogP contribution in [0.25, 0.3) is 0 Å². The number of nitrogens with zero attached hydrogens (tertiary/aromatic N) is 1. The van der Waals surface area contributed by atoms with Gasteiger partial charge in [0.25, 0.3) is 0 Å². The summed E-state index contributed by atoms with van der Waals surface area (Å²) in [5.41, 5.74) is 2.41. The predicted molar refractivity (Wildman–Crippen MR) is 77.2 cm³/mol. The van der Waals surface area contributed by atoms with E-state index in [2.05, 4.69) is 42.3 Å². The minimum atomic E-state index is 0.255. The van der Waals surface area contributed by atoms with Gasteiger partial charge >= 0.3 is 0 Å². The highest BCUT2D eigenvalue weighted by Gasteiger charge is 2.11. The third-order valence-corrected chi connectivity index (χ3v) is 3.28. The van der Waals surface area contributed by atoms with Gasteiger partial charge in [0.05, 0.1) is 7.11 Å². The van der Waals surface area contributed by atoms with Gasteiger partial charge in [0.2, 0.25) is 0 Å². The Kier molecular flexibility index (Phi) is 4.53. The van der Waals surface area contributed by atoms with Crippen molar-refractivity contribution in [2.45, 2.75) is 25.9 Å². The van der Waals surface area contributed by atoms with Crippen molar-refractivity contribution in [2.75, 3.05) is 7.11 Å². The number of pyridine rings is 1. The summed E-state index contributed by atoms with van der Waals surface area (Å²) in [6.45, 7) is 4.30. The maximum Gasteiger partial charge on any atom is 0.119 e. The highest BCUT2D eigenvalue weighted by atomic mass is 16.5. The minimum absolute atomic E-state index is 0.255. The highest BCUT2D eigenvalue weighted by molar-refractivity contribution is 5.30. The molecule has 0 saturated heterocycles. The smallest absolute Gasteiger partial charge is 0.119 e. The Balaban J connectivity index is 2.06. The predicted octanol–water partition coefficient (Wildman–Crippen LogP) is 3.50. The topological polar surface area (TPSA) is 34.1 Å². The van der Waals surface area contributed by atoms with Gasteiger partial charge in [-0.05, 0) is 43.2 Å². The van der Waals surface area contributed by atoms with E-state index in [0.29, 0.717) is 0 Å².